The van der Waals surface area contributed by atoms with Gasteiger partial charge in [-0.25, -0.2) is 0 Å². The van der Waals surface area contributed by atoms with Crippen LogP contribution in [0.3, 0.4) is 0 Å². The summed E-state index contributed by atoms with van der Waals surface area (Å²) in [7, 11) is 0. The van der Waals surface area contributed by atoms with Crippen LogP contribution in [0.4, 0.5) is 0 Å². The maximum Gasteiger partial charge on any atom is 0.0741 e. The SMILES string of the molecule is CCCN1CCN(CCCC(C)(O)CN)CC1. The Morgan fingerprint density at radius 1 is 1.12 bits per heavy atom. The Morgan fingerprint density at radius 2 is 1.65 bits per heavy atom. The van der Waals surface area contributed by atoms with Crippen molar-refractivity contribution < 1.29 is 5.11 Å². The average molecular weight is 243 g/mol. The van der Waals surface area contributed by atoms with Gasteiger partial charge in [0.15, 0.2) is 0 Å². The minimum absolute atomic E-state index is 0.358. The molecule has 0 aliphatic carbocycles. The van der Waals surface area contributed by atoms with E-state index < -0.39 is 5.60 Å². The molecule has 0 saturated carbocycles. The summed E-state index contributed by atoms with van der Waals surface area (Å²) in [6.45, 7) is 11.5. The van der Waals surface area contributed by atoms with Gasteiger partial charge in [-0.05, 0) is 39.3 Å². The maximum absolute atomic E-state index is 9.81. The lowest BCUT2D eigenvalue weighted by Crippen LogP contribution is -2.47. The molecule has 0 aromatic carbocycles. The largest absolute Gasteiger partial charge is 0.389 e. The van der Waals surface area contributed by atoms with Crippen LogP contribution in [0.5, 0.6) is 0 Å². The molecule has 0 amide bonds. The zero-order valence-electron chi connectivity index (χ0n) is 11.5. The van der Waals surface area contributed by atoms with Gasteiger partial charge in [-0.3, -0.25) is 0 Å². The normalized spacial score (nSPS) is 22.6. The van der Waals surface area contributed by atoms with Crippen molar-refractivity contribution in [1.29, 1.82) is 0 Å². The summed E-state index contributed by atoms with van der Waals surface area (Å²) in [5, 5.41) is 9.81. The predicted molar refractivity (Wildman–Crippen MR) is 72.1 cm³/mol. The summed E-state index contributed by atoms with van der Waals surface area (Å²) in [5.74, 6) is 0. The van der Waals surface area contributed by atoms with E-state index in [-0.39, 0.29) is 0 Å². The lowest BCUT2D eigenvalue weighted by molar-refractivity contribution is 0.0512. The molecule has 1 atom stereocenters. The molecule has 0 radical (unpaired) electrons. The maximum atomic E-state index is 9.81. The lowest BCUT2D eigenvalue weighted by atomic mass is 10.0. The first-order chi connectivity index (χ1) is 8.07. The molecular formula is C13H29N3O. The van der Waals surface area contributed by atoms with E-state index in [0.717, 1.165) is 19.4 Å². The van der Waals surface area contributed by atoms with E-state index >= 15 is 0 Å². The Bertz CT molecular complexity index is 201. The van der Waals surface area contributed by atoms with E-state index in [4.69, 9.17) is 5.73 Å². The Balaban J connectivity index is 2.10. The fraction of sp³-hybridized carbons (Fsp3) is 1.00. The molecule has 0 aromatic rings. The molecule has 3 N–H and O–H groups in total. The van der Waals surface area contributed by atoms with Crippen molar-refractivity contribution in [3.63, 3.8) is 0 Å². The quantitative estimate of drug-likeness (QED) is 0.684. The van der Waals surface area contributed by atoms with E-state index in [1.54, 1.807) is 0 Å². The third-order valence-electron chi connectivity index (χ3n) is 3.63. The number of hydrogen-bond acceptors (Lipinski definition) is 4. The molecule has 1 fully saturated rings. The monoisotopic (exact) mass is 243 g/mol. The van der Waals surface area contributed by atoms with Crippen LogP contribution >= 0.6 is 0 Å². The molecule has 0 bridgehead atoms. The fourth-order valence-electron chi connectivity index (χ4n) is 2.34. The Hall–Kier alpha value is -0.160. The van der Waals surface area contributed by atoms with Gasteiger partial charge in [0, 0.05) is 32.7 Å². The Kier molecular flexibility index (Phi) is 6.41. The number of rotatable bonds is 7. The molecule has 0 spiro atoms. The van der Waals surface area contributed by atoms with Crippen molar-refractivity contribution in [2.75, 3.05) is 45.8 Å². The zero-order chi connectivity index (χ0) is 12.7. The summed E-state index contributed by atoms with van der Waals surface area (Å²) in [4.78, 5) is 5.03. The van der Waals surface area contributed by atoms with E-state index in [1.807, 2.05) is 6.92 Å². The zero-order valence-corrected chi connectivity index (χ0v) is 11.5. The summed E-state index contributed by atoms with van der Waals surface area (Å²) < 4.78 is 0. The number of nitrogens with zero attached hydrogens (tertiary/aromatic N) is 2. The van der Waals surface area contributed by atoms with Gasteiger partial charge in [-0.2, -0.15) is 0 Å². The van der Waals surface area contributed by atoms with Crippen LogP contribution in [0, 0.1) is 0 Å². The minimum Gasteiger partial charge on any atom is -0.389 e. The summed E-state index contributed by atoms with van der Waals surface area (Å²) >= 11 is 0. The molecule has 102 valence electrons. The fourth-order valence-corrected chi connectivity index (χ4v) is 2.34. The van der Waals surface area contributed by atoms with Crippen molar-refractivity contribution in [2.24, 2.45) is 5.73 Å². The van der Waals surface area contributed by atoms with E-state index in [9.17, 15) is 5.11 Å². The molecule has 17 heavy (non-hydrogen) atoms. The molecule has 1 rings (SSSR count). The van der Waals surface area contributed by atoms with Gasteiger partial charge in [0.1, 0.15) is 0 Å². The second kappa shape index (κ2) is 7.31. The first-order valence-corrected chi connectivity index (χ1v) is 6.94. The topological polar surface area (TPSA) is 52.7 Å². The number of aliphatic hydroxyl groups is 1. The second-order valence-electron chi connectivity index (χ2n) is 5.49. The molecule has 4 heteroatoms. The third kappa shape index (κ3) is 5.82. The van der Waals surface area contributed by atoms with Gasteiger partial charge in [-0.1, -0.05) is 6.92 Å². The van der Waals surface area contributed by atoms with Crippen LogP contribution in [-0.2, 0) is 0 Å². The van der Waals surface area contributed by atoms with Crippen LogP contribution in [0.2, 0.25) is 0 Å². The van der Waals surface area contributed by atoms with Gasteiger partial charge in [0.05, 0.1) is 5.60 Å². The van der Waals surface area contributed by atoms with Crippen molar-refractivity contribution in [3.05, 3.63) is 0 Å². The smallest absolute Gasteiger partial charge is 0.0741 e. The van der Waals surface area contributed by atoms with Crippen LogP contribution in [-0.4, -0.2) is 66.3 Å². The van der Waals surface area contributed by atoms with Crippen molar-refractivity contribution in [2.45, 2.75) is 38.7 Å². The van der Waals surface area contributed by atoms with Crippen LogP contribution < -0.4 is 5.73 Å². The van der Waals surface area contributed by atoms with Crippen molar-refractivity contribution in [3.8, 4) is 0 Å². The molecular weight excluding hydrogens is 214 g/mol. The Morgan fingerprint density at radius 3 is 2.12 bits per heavy atom. The Labute approximate surface area is 106 Å². The lowest BCUT2D eigenvalue weighted by Gasteiger charge is -2.35. The number of hydrogen-bond donors (Lipinski definition) is 2. The minimum atomic E-state index is -0.677. The summed E-state index contributed by atoms with van der Waals surface area (Å²) in [6.07, 6.45) is 3.09. The highest BCUT2D eigenvalue weighted by Gasteiger charge is 2.19. The highest BCUT2D eigenvalue weighted by atomic mass is 16.3. The number of piperazine rings is 1. The average Bonchev–Trinajstić information content (AvgIpc) is 2.32. The van der Waals surface area contributed by atoms with Gasteiger partial charge in [0.2, 0.25) is 0 Å². The van der Waals surface area contributed by atoms with Gasteiger partial charge in [0.25, 0.3) is 0 Å². The third-order valence-corrected chi connectivity index (χ3v) is 3.63. The van der Waals surface area contributed by atoms with Crippen LogP contribution in [0.25, 0.3) is 0 Å². The van der Waals surface area contributed by atoms with Crippen LogP contribution in [0.15, 0.2) is 0 Å². The van der Waals surface area contributed by atoms with Gasteiger partial charge >= 0.3 is 0 Å². The van der Waals surface area contributed by atoms with Crippen LogP contribution in [0.1, 0.15) is 33.1 Å². The second-order valence-corrected chi connectivity index (χ2v) is 5.49. The standard InChI is InChI=1S/C13H29N3O/c1-3-6-15-8-10-16(11-9-15)7-4-5-13(2,17)12-14/h17H,3-12,14H2,1-2H3. The number of nitrogens with two attached hydrogens (primary N) is 1. The van der Waals surface area contributed by atoms with Crippen molar-refractivity contribution >= 4 is 0 Å². The molecule has 4 nitrogen and oxygen atoms in total. The highest BCUT2D eigenvalue weighted by Crippen LogP contribution is 2.11. The van der Waals surface area contributed by atoms with Crippen molar-refractivity contribution in [1.82, 2.24) is 9.80 Å². The molecule has 1 heterocycles. The summed E-state index contributed by atoms with van der Waals surface area (Å²) in [6, 6.07) is 0. The van der Waals surface area contributed by atoms with E-state index in [1.165, 1.54) is 39.1 Å². The van der Waals surface area contributed by atoms with E-state index in [2.05, 4.69) is 16.7 Å². The summed E-state index contributed by atoms with van der Waals surface area (Å²) in [5.41, 5.74) is 4.83. The molecule has 1 aliphatic heterocycles. The van der Waals surface area contributed by atoms with Gasteiger partial charge in [-0.15, -0.1) is 0 Å². The molecule has 1 unspecified atom stereocenters. The van der Waals surface area contributed by atoms with E-state index in [0.29, 0.717) is 6.54 Å². The molecule has 0 aromatic heterocycles. The first kappa shape index (κ1) is 14.9. The molecule has 1 aliphatic rings. The predicted octanol–water partition coefficient (Wildman–Crippen LogP) is 0.504. The highest BCUT2D eigenvalue weighted by molar-refractivity contribution is 4.76. The first-order valence-electron chi connectivity index (χ1n) is 6.94. The molecule has 1 saturated heterocycles. The van der Waals surface area contributed by atoms with Gasteiger partial charge < -0.3 is 20.6 Å².